The molecule has 2 aromatic carbocycles. The molecule has 1 fully saturated rings. The molecule has 0 unspecified atom stereocenters. The first kappa shape index (κ1) is 11.2. The molecule has 1 saturated heterocycles. The van der Waals surface area contributed by atoms with Crippen LogP contribution < -0.4 is 10.6 Å². The first-order valence-corrected chi connectivity index (χ1v) is 8.54. The van der Waals surface area contributed by atoms with Crippen LogP contribution in [0.4, 0.5) is 0 Å². The lowest BCUT2D eigenvalue weighted by molar-refractivity contribution is 0.934. The van der Waals surface area contributed by atoms with Gasteiger partial charge in [-0.1, -0.05) is 72.5 Å². The van der Waals surface area contributed by atoms with Gasteiger partial charge in [0, 0.05) is 23.7 Å². The van der Waals surface area contributed by atoms with E-state index in [0.29, 0.717) is 0 Å². The maximum absolute atomic E-state index is 6.06. The average molecular weight is 259 g/mol. The van der Waals surface area contributed by atoms with Crippen molar-refractivity contribution >= 4 is 28.6 Å². The summed E-state index contributed by atoms with van der Waals surface area (Å²) < 4.78 is 2.44. The maximum Gasteiger partial charge on any atom is 0.0710 e. The molecule has 86 valence electrons. The topological polar surface area (TPSA) is 3.01 Å². The van der Waals surface area contributed by atoms with E-state index in [1.54, 1.807) is 0 Å². The fourth-order valence-corrected chi connectivity index (χ4v) is 6.04. The molecule has 0 saturated carbocycles. The molecule has 1 nitrogen and oxygen atoms in total. The molecule has 3 heteroatoms. The van der Waals surface area contributed by atoms with Crippen molar-refractivity contribution in [2.45, 2.75) is 0 Å². The Morgan fingerprint density at radius 3 is 1.53 bits per heavy atom. The number of benzene rings is 2. The van der Waals surface area contributed by atoms with Crippen LogP contribution in [0.3, 0.4) is 0 Å². The van der Waals surface area contributed by atoms with Crippen molar-refractivity contribution in [3.05, 3.63) is 60.7 Å². The molecule has 1 aliphatic rings. The second-order valence-electron chi connectivity index (χ2n) is 4.20. The van der Waals surface area contributed by atoms with Gasteiger partial charge in [-0.15, -0.1) is 0 Å². The molecule has 0 spiro atoms. The molecule has 0 aliphatic carbocycles. The lowest BCUT2D eigenvalue weighted by Gasteiger charge is -2.24. The molecule has 0 bridgehead atoms. The van der Waals surface area contributed by atoms with E-state index in [0.717, 1.165) is 13.1 Å². The molecule has 0 N–H and O–H groups in total. The molecular weight excluding hydrogens is 245 g/mol. The Bertz CT molecular complexity index is 505. The van der Waals surface area contributed by atoms with Crippen LogP contribution in [0.25, 0.3) is 0 Å². The van der Waals surface area contributed by atoms with Gasteiger partial charge >= 0.3 is 0 Å². The maximum atomic E-state index is 6.06. The molecular formula is C14H14NPS. The average Bonchev–Trinajstić information content (AvgIpc) is 3.24. The zero-order valence-corrected chi connectivity index (χ0v) is 11.2. The predicted octanol–water partition coefficient (Wildman–Crippen LogP) is 2.35. The van der Waals surface area contributed by atoms with Gasteiger partial charge in [-0.05, 0) is 0 Å². The van der Waals surface area contributed by atoms with Crippen molar-refractivity contribution in [2.75, 3.05) is 13.1 Å². The second-order valence-corrected chi connectivity index (χ2v) is 8.54. The van der Waals surface area contributed by atoms with E-state index >= 15 is 0 Å². The third-order valence-electron chi connectivity index (χ3n) is 3.03. The Morgan fingerprint density at radius 2 is 1.18 bits per heavy atom. The van der Waals surface area contributed by atoms with Crippen LogP contribution in [0, 0.1) is 0 Å². The molecule has 2 aromatic rings. The summed E-state index contributed by atoms with van der Waals surface area (Å²) in [5.74, 6) is 0. The van der Waals surface area contributed by atoms with Crippen molar-refractivity contribution < 1.29 is 0 Å². The van der Waals surface area contributed by atoms with Crippen LogP contribution in [0.1, 0.15) is 0 Å². The Labute approximate surface area is 107 Å². The van der Waals surface area contributed by atoms with Crippen LogP contribution in [-0.2, 0) is 11.8 Å². The molecule has 0 amide bonds. The summed E-state index contributed by atoms with van der Waals surface area (Å²) in [6.45, 7) is 2.28. The monoisotopic (exact) mass is 259 g/mol. The van der Waals surface area contributed by atoms with Crippen LogP contribution >= 0.6 is 6.19 Å². The van der Waals surface area contributed by atoms with Crippen LogP contribution in [0.5, 0.6) is 0 Å². The van der Waals surface area contributed by atoms with E-state index in [-0.39, 0.29) is 0 Å². The zero-order chi connectivity index (χ0) is 11.7. The summed E-state index contributed by atoms with van der Waals surface area (Å²) in [5.41, 5.74) is 0. The van der Waals surface area contributed by atoms with Gasteiger partial charge in [-0.2, -0.15) is 0 Å². The SMILES string of the molecule is S=P(c1ccccc1)(c1ccccc1)N1CC1. The quantitative estimate of drug-likeness (QED) is 0.615. The first-order chi connectivity index (χ1) is 8.32. The Hall–Kier alpha value is -0.950. The van der Waals surface area contributed by atoms with Crippen LogP contribution in [0.2, 0.25) is 0 Å². The molecule has 1 aliphatic heterocycles. The highest BCUT2D eigenvalue weighted by atomic mass is 32.4. The van der Waals surface area contributed by atoms with Crippen molar-refractivity contribution in [3.63, 3.8) is 0 Å². The summed E-state index contributed by atoms with van der Waals surface area (Å²) in [6, 6.07) is 21.1. The molecule has 0 radical (unpaired) electrons. The molecule has 3 rings (SSSR count). The number of hydrogen-bond donors (Lipinski definition) is 0. The fourth-order valence-electron chi connectivity index (χ4n) is 2.06. The van der Waals surface area contributed by atoms with Gasteiger partial charge < -0.3 is 0 Å². The number of hydrogen-bond acceptors (Lipinski definition) is 1. The summed E-state index contributed by atoms with van der Waals surface area (Å²) >= 11 is 6.06. The van der Waals surface area contributed by atoms with Gasteiger partial charge in [-0.3, -0.25) is 4.67 Å². The summed E-state index contributed by atoms with van der Waals surface area (Å²) in [6.07, 6.45) is -1.72. The van der Waals surface area contributed by atoms with Crippen molar-refractivity contribution in [1.29, 1.82) is 0 Å². The molecule has 0 atom stereocenters. The highest BCUT2D eigenvalue weighted by Crippen LogP contribution is 2.51. The predicted molar refractivity (Wildman–Crippen MR) is 78.0 cm³/mol. The van der Waals surface area contributed by atoms with Crippen molar-refractivity contribution in [3.8, 4) is 0 Å². The zero-order valence-electron chi connectivity index (χ0n) is 9.49. The summed E-state index contributed by atoms with van der Waals surface area (Å²) in [7, 11) is 0. The van der Waals surface area contributed by atoms with Crippen molar-refractivity contribution in [2.24, 2.45) is 0 Å². The Kier molecular flexibility index (Phi) is 2.87. The van der Waals surface area contributed by atoms with E-state index in [1.165, 1.54) is 10.6 Å². The number of rotatable bonds is 3. The number of nitrogens with zero attached hydrogens (tertiary/aromatic N) is 1. The van der Waals surface area contributed by atoms with Crippen LogP contribution in [-0.4, -0.2) is 17.8 Å². The standard InChI is InChI=1S/C14H14NPS/c17-16(15-11-12-15,13-7-3-1-4-8-13)14-9-5-2-6-10-14/h1-10H,11-12H2. The molecule has 17 heavy (non-hydrogen) atoms. The van der Waals surface area contributed by atoms with Gasteiger partial charge in [-0.25, -0.2) is 0 Å². The normalized spacial score (nSPS) is 15.8. The van der Waals surface area contributed by atoms with Crippen molar-refractivity contribution in [1.82, 2.24) is 4.67 Å². The van der Waals surface area contributed by atoms with E-state index in [2.05, 4.69) is 65.3 Å². The minimum Gasteiger partial charge on any atom is -0.266 e. The van der Waals surface area contributed by atoms with Gasteiger partial charge in [0.15, 0.2) is 0 Å². The summed E-state index contributed by atoms with van der Waals surface area (Å²) in [4.78, 5) is 0. The third kappa shape index (κ3) is 1.97. The smallest absolute Gasteiger partial charge is 0.0710 e. The van der Waals surface area contributed by atoms with Gasteiger partial charge in [0.05, 0.1) is 6.19 Å². The Balaban J connectivity index is 2.15. The highest BCUT2D eigenvalue weighted by Gasteiger charge is 2.36. The van der Waals surface area contributed by atoms with E-state index < -0.39 is 6.19 Å². The summed E-state index contributed by atoms with van der Waals surface area (Å²) in [5, 5.41) is 2.61. The van der Waals surface area contributed by atoms with E-state index in [4.69, 9.17) is 11.8 Å². The first-order valence-electron chi connectivity index (χ1n) is 5.78. The fraction of sp³-hybridized carbons (Fsp3) is 0.143. The second kappa shape index (κ2) is 4.38. The molecule has 1 heterocycles. The molecule has 0 aromatic heterocycles. The van der Waals surface area contributed by atoms with Gasteiger partial charge in [0.1, 0.15) is 0 Å². The lowest BCUT2D eigenvalue weighted by Crippen LogP contribution is -2.20. The van der Waals surface area contributed by atoms with Gasteiger partial charge in [0.25, 0.3) is 0 Å². The lowest BCUT2D eigenvalue weighted by atomic mass is 10.4. The van der Waals surface area contributed by atoms with Crippen LogP contribution in [0.15, 0.2) is 60.7 Å². The minimum atomic E-state index is -1.72. The van der Waals surface area contributed by atoms with Gasteiger partial charge in [0.2, 0.25) is 0 Å². The minimum absolute atomic E-state index is 1.14. The highest BCUT2D eigenvalue weighted by molar-refractivity contribution is 8.20. The largest absolute Gasteiger partial charge is 0.266 e. The van der Waals surface area contributed by atoms with E-state index in [9.17, 15) is 0 Å². The Morgan fingerprint density at radius 1 is 0.765 bits per heavy atom. The van der Waals surface area contributed by atoms with E-state index in [1.807, 2.05) is 0 Å². The third-order valence-corrected chi connectivity index (χ3v) is 8.18.